The van der Waals surface area contributed by atoms with E-state index in [0.29, 0.717) is 25.7 Å². The van der Waals surface area contributed by atoms with Gasteiger partial charge in [-0.3, -0.25) is 4.79 Å². The predicted molar refractivity (Wildman–Crippen MR) is 104 cm³/mol. The third-order valence-electron chi connectivity index (χ3n) is 6.05. The van der Waals surface area contributed by atoms with E-state index in [-0.39, 0.29) is 17.5 Å². The summed E-state index contributed by atoms with van der Waals surface area (Å²) in [5.41, 5.74) is -2.45. The van der Waals surface area contributed by atoms with Crippen molar-refractivity contribution in [3.05, 3.63) is 23.8 Å². The maximum Gasteiger partial charge on any atom is 0.410 e. The molecular weight excluding hydrogens is 412 g/mol. The van der Waals surface area contributed by atoms with E-state index in [1.807, 2.05) is 0 Å². The molecule has 2 aliphatic rings. The number of halogens is 2. The van der Waals surface area contributed by atoms with Crippen molar-refractivity contribution in [2.24, 2.45) is 0 Å². The number of aromatic nitrogens is 4. The van der Waals surface area contributed by atoms with E-state index >= 15 is 0 Å². The van der Waals surface area contributed by atoms with Crippen LogP contribution in [-0.4, -0.2) is 61.3 Å². The summed E-state index contributed by atoms with van der Waals surface area (Å²) in [6, 6.07) is 0.448. The highest BCUT2D eigenvalue weighted by Crippen LogP contribution is 2.49. The lowest BCUT2D eigenvalue weighted by molar-refractivity contribution is -0.152. The number of hydrogen-bond donors (Lipinski definition) is 0. The molecule has 3 atom stereocenters. The van der Waals surface area contributed by atoms with Crippen LogP contribution in [0.2, 0.25) is 0 Å². The van der Waals surface area contributed by atoms with E-state index in [1.165, 1.54) is 24.0 Å². The average molecular weight is 437 g/mol. The Morgan fingerprint density at radius 3 is 2.65 bits per heavy atom. The molecule has 0 spiro atoms. The number of piperidine rings is 1. The molecule has 0 saturated carbocycles. The van der Waals surface area contributed by atoms with Crippen LogP contribution >= 0.6 is 0 Å². The molecule has 0 N–H and O–H groups in total. The summed E-state index contributed by atoms with van der Waals surface area (Å²) < 4.78 is 39.3. The van der Waals surface area contributed by atoms with Crippen LogP contribution in [0.25, 0.3) is 5.78 Å². The van der Waals surface area contributed by atoms with E-state index in [4.69, 9.17) is 9.47 Å². The summed E-state index contributed by atoms with van der Waals surface area (Å²) >= 11 is 0. The maximum atomic E-state index is 13.6. The molecule has 2 bridgehead atoms. The summed E-state index contributed by atoms with van der Waals surface area (Å²) in [5.74, 6) is -0.658. The Morgan fingerprint density at radius 1 is 1.26 bits per heavy atom. The van der Waals surface area contributed by atoms with Crippen molar-refractivity contribution in [2.75, 3.05) is 7.11 Å². The molecule has 4 rings (SSSR count). The van der Waals surface area contributed by atoms with Crippen LogP contribution in [0.4, 0.5) is 13.6 Å². The fraction of sp³-hybridized carbons (Fsp3) is 0.650. The van der Waals surface area contributed by atoms with Crippen molar-refractivity contribution < 1.29 is 27.8 Å². The number of carbonyl (C=O) groups is 2. The quantitative estimate of drug-likeness (QED) is 0.681. The molecule has 31 heavy (non-hydrogen) atoms. The number of alkyl halides is 2. The lowest BCUT2D eigenvalue weighted by Crippen LogP contribution is -2.61. The summed E-state index contributed by atoms with van der Waals surface area (Å²) in [4.78, 5) is 35.8. The standard InChI is InChI=1S/C20H25F2N5O4/c1-19(2,3)31-18(29)26-11-5-6-13(26)20(8-7-11,16(28)30-4)14-9-12(15(21)22)25-17-23-10-24-27(14)17/h9-11,13,15H,5-8H2,1-4H3/t11-,13+,20-/m1/s1. The number of methoxy groups -OCH3 is 1. The number of carbonyl (C=O) groups excluding carboxylic acids is 2. The van der Waals surface area contributed by atoms with E-state index in [2.05, 4.69) is 15.1 Å². The second-order valence-corrected chi connectivity index (χ2v) is 8.97. The van der Waals surface area contributed by atoms with Gasteiger partial charge in [-0.25, -0.2) is 23.1 Å². The number of esters is 1. The van der Waals surface area contributed by atoms with Crippen LogP contribution in [-0.2, 0) is 19.7 Å². The minimum Gasteiger partial charge on any atom is -0.468 e. The van der Waals surface area contributed by atoms with Crippen LogP contribution < -0.4 is 0 Å². The molecule has 1 amide bonds. The Hall–Kier alpha value is -2.85. The zero-order chi connectivity index (χ0) is 22.6. The number of ether oxygens (including phenoxy) is 2. The number of amides is 1. The SMILES string of the molecule is COC(=O)[C@]1(c2cc(C(F)F)nc3ncnn23)CC[C@H]2CC[C@@H]1N2C(=O)OC(C)(C)C. The van der Waals surface area contributed by atoms with Crippen molar-refractivity contribution in [3.8, 4) is 0 Å². The minimum absolute atomic E-state index is 0.0417. The molecule has 0 aliphatic carbocycles. The molecular formula is C20H25F2N5O4. The normalized spacial score (nSPS) is 25.8. The molecule has 9 nitrogen and oxygen atoms in total. The molecule has 2 aromatic rings. The van der Waals surface area contributed by atoms with Crippen LogP contribution in [0, 0.1) is 0 Å². The van der Waals surface area contributed by atoms with Crippen molar-refractivity contribution in [1.29, 1.82) is 0 Å². The number of rotatable bonds is 3. The lowest BCUT2D eigenvalue weighted by Gasteiger charge is -2.46. The van der Waals surface area contributed by atoms with E-state index < -0.39 is 41.2 Å². The highest BCUT2D eigenvalue weighted by Gasteiger charge is 2.61. The monoisotopic (exact) mass is 437 g/mol. The largest absolute Gasteiger partial charge is 0.468 e. The van der Waals surface area contributed by atoms with Gasteiger partial charge < -0.3 is 14.4 Å². The minimum atomic E-state index is -2.86. The molecule has 168 valence electrons. The molecule has 11 heteroatoms. The zero-order valence-corrected chi connectivity index (χ0v) is 17.8. The molecule has 2 fully saturated rings. The molecule has 4 heterocycles. The van der Waals surface area contributed by atoms with Gasteiger partial charge in [0.2, 0.25) is 0 Å². The summed E-state index contributed by atoms with van der Waals surface area (Å²) in [6.45, 7) is 5.29. The van der Waals surface area contributed by atoms with E-state index in [0.717, 1.165) is 0 Å². The van der Waals surface area contributed by atoms with Crippen molar-refractivity contribution in [2.45, 2.75) is 76.0 Å². The third-order valence-corrected chi connectivity index (χ3v) is 6.05. The number of hydrogen-bond acceptors (Lipinski definition) is 7. The molecule has 0 aromatic carbocycles. The summed E-state index contributed by atoms with van der Waals surface area (Å²) in [7, 11) is 1.25. The van der Waals surface area contributed by atoms with Gasteiger partial charge in [-0.15, -0.1) is 0 Å². The highest BCUT2D eigenvalue weighted by molar-refractivity contribution is 5.86. The van der Waals surface area contributed by atoms with Crippen molar-refractivity contribution >= 4 is 17.8 Å². The highest BCUT2D eigenvalue weighted by atomic mass is 19.3. The Balaban J connectivity index is 1.90. The summed E-state index contributed by atoms with van der Waals surface area (Å²) in [5, 5.41) is 4.12. The average Bonchev–Trinajstić information content (AvgIpc) is 3.30. The van der Waals surface area contributed by atoms with Gasteiger partial charge in [0.1, 0.15) is 23.0 Å². The van der Waals surface area contributed by atoms with Crippen LogP contribution in [0.1, 0.15) is 64.3 Å². The van der Waals surface area contributed by atoms with Crippen LogP contribution in [0.3, 0.4) is 0 Å². The van der Waals surface area contributed by atoms with Gasteiger partial charge >= 0.3 is 12.1 Å². The van der Waals surface area contributed by atoms with Crippen molar-refractivity contribution in [1.82, 2.24) is 24.5 Å². The lowest BCUT2D eigenvalue weighted by atomic mass is 9.70. The van der Waals surface area contributed by atoms with Gasteiger partial charge in [-0.2, -0.15) is 10.1 Å². The third kappa shape index (κ3) is 3.39. The van der Waals surface area contributed by atoms with Gasteiger partial charge in [-0.1, -0.05) is 0 Å². The fourth-order valence-electron chi connectivity index (χ4n) is 4.89. The molecule has 2 aromatic heterocycles. The Labute approximate surface area is 177 Å². The first-order valence-corrected chi connectivity index (χ1v) is 10.2. The van der Waals surface area contributed by atoms with Crippen LogP contribution in [0.5, 0.6) is 0 Å². The maximum absolute atomic E-state index is 13.6. The second kappa shape index (κ2) is 7.38. The smallest absolute Gasteiger partial charge is 0.410 e. The predicted octanol–water partition coefficient (Wildman–Crippen LogP) is 3.03. The number of fused-ring (bicyclic) bond motifs is 3. The van der Waals surface area contributed by atoms with E-state index in [1.54, 1.807) is 25.7 Å². The topological polar surface area (TPSA) is 98.9 Å². The van der Waals surface area contributed by atoms with Gasteiger partial charge in [0.15, 0.2) is 0 Å². The van der Waals surface area contributed by atoms with E-state index in [9.17, 15) is 18.4 Å². The number of nitrogens with zero attached hydrogens (tertiary/aromatic N) is 5. The van der Waals surface area contributed by atoms with Gasteiger partial charge in [0.25, 0.3) is 12.2 Å². The molecule has 2 saturated heterocycles. The Bertz CT molecular complexity index is 1020. The first kappa shape index (κ1) is 21.4. The molecule has 0 radical (unpaired) electrons. The van der Waals surface area contributed by atoms with Gasteiger partial charge in [0, 0.05) is 6.04 Å². The Morgan fingerprint density at radius 2 is 2.00 bits per heavy atom. The van der Waals surface area contributed by atoms with Crippen LogP contribution in [0.15, 0.2) is 12.4 Å². The van der Waals surface area contributed by atoms with Gasteiger partial charge in [-0.05, 0) is 52.5 Å². The second-order valence-electron chi connectivity index (χ2n) is 8.97. The molecule has 0 unspecified atom stereocenters. The first-order chi connectivity index (χ1) is 14.6. The van der Waals surface area contributed by atoms with Gasteiger partial charge in [0.05, 0.1) is 18.8 Å². The van der Waals surface area contributed by atoms with Crippen molar-refractivity contribution in [3.63, 3.8) is 0 Å². The zero-order valence-electron chi connectivity index (χ0n) is 17.8. The summed E-state index contributed by atoms with van der Waals surface area (Å²) in [6.07, 6.45) is -0.221. The molecule has 2 aliphatic heterocycles. The first-order valence-electron chi connectivity index (χ1n) is 10.2. The fourth-order valence-corrected chi connectivity index (χ4v) is 4.89. The Kier molecular flexibility index (Phi) is 5.09.